The fraction of sp³-hybridized carbons (Fsp3) is 0.250. The maximum absolute atomic E-state index is 11.8. The molecule has 2 aromatic rings. The van der Waals surface area contributed by atoms with E-state index < -0.39 is 0 Å². The van der Waals surface area contributed by atoms with Crippen molar-refractivity contribution < 1.29 is 9.90 Å². The third-order valence-corrected chi connectivity index (χ3v) is 3.49. The highest BCUT2D eigenvalue weighted by atomic mass is 35.5. The van der Waals surface area contributed by atoms with Crippen molar-refractivity contribution in [3.05, 3.63) is 45.4 Å². The Morgan fingerprint density at radius 1 is 1.37 bits per heavy atom. The molecule has 0 spiro atoms. The predicted octanol–water partition coefficient (Wildman–Crippen LogP) is 1.52. The zero-order chi connectivity index (χ0) is 13.7. The second-order valence-corrected chi connectivity index (χ2v) is 5.46. The minimum Gasteiger partial charge on any atom is -0.394 e. The van der Waals surface area contributed by atoms with Gasteiger partial charge in [-0.3, -0.25) is 4.79 Å². The summed E-state index contributed by atoms with van der Waals surface area (Å²) in [5.74, 6) is -0.376. The van der Waals surface area contributed by atoms with Crippen molar-refractivity contribution in [1.29, 1.82) is 0 Å². The lowest BCUT2D eigenvalue weighted by atomic mass is 10.1. The lowest BCUT2D eigenvalue weighted by molar-refractivity contribution is 0.0915. The van der Waals surface area contributed by atoms with Gasteiger partial charge in [0.25, 0.3) is 5.91 Å². The normalized spacial score (nSPS) is 12.1. The van der Waals surface area contributed by atoms with Gasteiger partial charge in [-0.05, 0) is 23.6 Å². The maximum atomic E-state index is 11.8. The average molecular weight is 298 g/mol. The minimum atomic E-state index is -0.376. The molecule has 19 heavy (non-hydrogen) atoms. The number of halogens is 1. The molecule has 1 aromatic heterocycles. The van der Waals surface area contributed by atoms with E-state index in [0.29, 0.717) is 6.42 Å². The number of carbonyl (C=O) groups excluding carboxylic acids is 1. The van der Waals surface area contributed by atoms with Gasteiger partial charge in [0.1, 0.15) is 0 Å². The molecule has 0 radical (unpaired) electrons. The fourth-order valence-electron chi connectivity index (χ4n) is 1.60. The number of nitrogens with one attached hydrogen (secondary N) is 1. The van der Waals surface area contributed by atoms with E-state index in [0.717, 1.165) is 16.9 Å². The lowest BCUT2D eigenvalue weighted by Gasteiger charge is -2.15. The average Bonchev–Trinajstić information content (AvgIpc) is 2.86. The molecule has 100 valence electrons. The summed E-state index contributed by atoms with van der Waals surface area (Å²) in [6, 6.07) is 9.26. The highest BCUT2D eigenvalue weighted by molar-refractivity contribution is 7.17. The van der Waals surface area contributed by atoms with E-state index >= 15 is 0 Å². The second-order valence-electron chi connectivity index (χ2n) is 3.90. The van der Waals surface area contributed by atoms with Crippen LogP contribution in [0.5, 0.6) is 0 Å². The Hall–Kier alpha value is -1.50. The van der Waals surface area contributed by atoms with E-state index in [1.165, 1.54) is 0 Å². The Morgan fingerprint density at radius 3 is 2.68 bits per heavy atom. The van der Waals surface area contributed by atoms with Crippen LogP contribution in [0.3, 0.4) is 0 Å². The summed E-state index contributed by atoms with van der Waals surface area (Å²) in [7, 11) is 0. The zero-order valence-corrected chi connectivity index (χ0v) is 11.5. The molecule has 1 atom stereocenters. The molecule has 0 saturated heterocycles. The minimum absolute atomic E-state index is 0.146. The molecule has 1 heterocycles. The Balaban J connectivity index is 1.97. The van der Waals surface area contributed by atoms with Gasteiger partial charge < -0.3 is 10.4 Å². The summed E-state index contributed by atoms with van der Waals surface area (Å²) in [6.45, 7) is -0.146. The van der Waals surface area contributed by atoms with Crippen molar-refractivity contribution in [2.24, 2.45) is 0 Å². The molecule has 7 heteroatoms. The van der Waals surface area contributed by atoms with Crippen LogP contribution >= 0.6 is 22.9 Å². The quantitative estimate of drug-likeness (QED) is 0.877. The van der Waals surface area contributed by atoms with E-state index in [-0.39, 0.29) is 28.0 Å². The van der Waals surface area contributed by atoms with Crippen LogP contribution in [-0.4, -0.2) is 33.9 Å². The van der Waals surface area contributed by atoms with Crippen molar-refractivity contribution in [2.75, 3.05) is 6.61 Å². The van der Waals surface area contributed by atoms with Gasteiger partial charge in [0.2, 0.25) is 9.47 Å². The van der Waals surface area contributed by atoms with Gasteiger partial charge in [0, 0.05) is 0 Å². The first-order chi connectivity index (χ1) is 9.19. The molecule has 1 aromatic carbocycles. The van der Waals surface area contributed by atoms with Gasteiger partial charge in [0.15, 0.2) is 0 Å². The number of aliphatic hydroxyl groups excluding tert-OH is 1. The van der Waals surface area contributed by atoms with Gasteiger partial charge in [-0.15, -0.1) is 10.2 Å². The number of nitrogens with zero attached hydrogens (tertiary/aromatic N) is 2. The monoisotopic (exact) mass is 297 g/mol. The highest BCUT2D eigenvalue weighted by Gasteiger charge is 2.17. The topological polar surface area (TPSA) is 75.1 Å². The molecule has 2 N–H and O–H groups in total. The third-order valence-electron chi connectivity index (χ3n) is 2.48. The molecular weight excluding hydrogens is 286 g/mol. The van der Waals surface area contributed by atoms with Crippen LogP contribution in [0.4, 0.5) is 0 Å². The molecule has 1 amide bonds. The first-order valence-corrected chi connectivity index (χ1v) is 6.83. The molecule has 0 aliphatic carbocycles. The second kappa shape index (κ2) is 6.60. The fourth-order valence-corrected chi connectivity index (χ4v) is 2.34. The van der Waals surface area contributed by atoms with Crippen LogP contribution in [0.25, 0.3) is 0 Å². The van der Waals surface area contributed by atoms with E-state index in [2.05, 4.69) is 15.5 Å². The van der Waals surface area contributed by atoms with E-state index in [4.69, 9.17) is 11.6 Å². The first kappa shape index (κ1) is 13.9. The number of aromatic nitrogens is 2. The van der Waals surface area contributed by atoms with Crippen molar-refractivity contribution in [3.63, 3.8) is 0 Å². The number of aliphatic hydroxyl groups is 1. The molecular formula is C12H12ClN3O2S. The van der Waals surface area contributed by atoms with Crippen LogP contribution < -0.4 is 5.32 Å². The Labute approximate surface area is 119 Å². The van der Waals surface area contributed by atoms with E-state index in [9.17, 15) is 9.90 Å². The number of benzene rings is 1. The number of amides is 1. The summed E-state index contributed by atoms with van der Waals surface area (Å²) in [5.41, 5.74) is 1.04. The van der Waals surface area contributed by atoms with Crippen molar-refractivity contribution in [1.82, 2.24) is 15.5 Å². The summed E-state index contributed by atoms with van der Waals surface area (Å²) < 4.78 is 0.216. The summed E-state index contributed by atoms with van der Waals surface area (Å²) in [6.07, 6.45) is 0.551. The van der Waals surface area contributed by atoms with Crippen LogP contribution in [0.15, 0.2) is 30.3 Å². The molecule has 2 rings (SSSR count). The molecule has 0 saturated carbocycles. The standard InChI is InChI=1S/C12H12ClN3O2S/c13-12-16-15-11(19-12)10(18)14-9(7-17)6-8-4-2-1-3-5-8/h1-5,9,17H,6-7H2,(H,14,18)/t9-/m1/s1. The number of carbonyl (C=O) groups is 1. The molecule has 0 aliphatic rings. The molecule has 0 aliphatic heterocycles. The largest absolute Gasteiger partial charge is 0.394 e. The summed E-state index contributed by atoms with van der Waals surface area (Å²) in [5, 5.41) is 19.4. The lowest BCUT2D eigenvalue weighted by Crippen LogP contribution is -2.39. The highest BCUT2D eigenvalue weighted by Crippen LogP contribution is 2.14. The maximum Gasteiger partial charge on any atom is 0.282 e. The Morgan fingerprint density at radius 2 is 2.11 bits per heavy atom. The molecule has 0 fully saturated rings. The number of hydrogen-bond donors (Lipinski definition) is 2. The summed E-state index contributed by atoms with van der Waals surface area (Å²) in [4.78, 5) is 11.8. The van der Waals surface area contributed by atoms with Gasteiger partial charge in [-0.1, -0.05) is 41.7 Å². The molecule has 5 nitrogen and oxygen atoms in total. The van der Waals surface area contributed by atoms with Crippen LogP contribution in [0, 0.1) is 0 Å². The van der Waals surface area contributed by atoms with Gasteiger partial charge >= 0.3 is 0 Å². The Bertz CT molecular complexity index is 547. The van der Waals surface area contributed by atoms with E-state index in [1.54, 1.807) is 0 Å². The van der Waals surface area contributed by atoms with Crippen LogP contribution in [0.1, 0.15) is 15.4 Å². The Kier molecular flexibility index (Phi) is 4.84. The van der Waals surface area contributed by atoms with Crippen LogP contribution in [0.2, 0.25) is 4.47 Å². The number of rotatable bonds is 5. The van der Waals surface area contributed by atoms with Gasteiger partial charge in [0.05, 0.1) is 12.6 Å². The smallest absolute Gasteiger partial charge is 0.282 e. The van der Waals surface area contributed by atoms with Crippen molar-refractivity contribution in [2.45, 2.75) is 12.5 Å². The van der Waals surface area contributed by atoms with Crippen molar-refractivity contribution in [3.8, 4) is 0 Å². The van der Waals surface area contributed by atoms with Gasteiger partial charge in [-0.25, -0.2) is 0 Å². The number of hydrogen-bond acceptors (Lipinski definition) is 5. The predicted molar refractivity (Wildman–Crippen MR) is 73.4 cm³/mol. The molecule has 0 bridgehead atoms. The third kappa shape index (κ3) is 3.99. The summed E-state index contributed by atoms with van der Waals surface area (Å²) >= 11 is 6.62. The van der Waals surface area contributed by atoms with Crippen LogP contribution in [-0.2, 0) is 6.42 Å². The molecule has 0 unspecified atom stereocenters. The van der Waals surface area contributed by atoms with Crippen molar-refractivity contribution >= 4 is 28.8 Å². The van der Waals surface area contributed by atoms with Gasteiger partial charge in [-0.2, -0.15) is 0 Å². The SMILES string of the molecule is O=C(N[C@@H](CO)Cc1ccccc1)c1nnc(Cl)s1. The first-order valence-electron chi connectivity index (χ1n) is 5.63. The zero-order valence-electron chi connectivity index (χ0n) is 9.91. The van der Waals surface area contributed by atoms with E-state index in [1.807, 2.05) is 30.3 Å².